The van der Waals surface area contributed by atoms with Crippen LogP contribution in [0, 0.1) is 0 Å². The molecule has 1 fully saturated rings. The van der Waals surface area contributed by atoms with Gasteiger partial charge in [-0.2, -0.15) is 0 Å². The molecule has 1 aliphatic carbocycles. The first-order valence-electron chi connectivity index (χ1n) is 11.5. The van der Waals surface area contributed by atoms with Gasteiger partial charge >= 0.3 is 0 Å². The Balaban J connectivity index is 1.69. The quantitative estimate of drug-likeness (QED) is 0.457. The Morgan fingerprint density at radius 2 is 1.73 bits per heavy atom. The molecule has 0 aliphatic heterocycles. The molecule has 7 heteroatoms. The van der Waals surface area contributed by atoms with E-state index in [1.54, 1.807) is 23.8 Å². The van der Waals surface area contributed by atoms with Crippen molar-refractivity contribution in [3.63, 3.8) is 0 Å². The highest BCUT2D eigenvalue weighted by molar-refractivity contribution is 7.99. The zero-order valence-corrected chi connectivity index (χ0v) is 21.0. The van der Waals surface area contributed by atoms with Gasteiger partial charge in [-0.3, -0.25) is 9.59 Å². The van der Waals surface area contributed by atoms with Gasteiger partial charge in [-0.1, -0.05) is 55.6 Å². The summed E-state index contributed by atoms with van der Waals surface area (Å²) in [4.78, 5) is 28.2. The lowest BCUT2D eigenvalue weighted by Gasteiger charge is -2.31. The average Bonchev–Trinajstić information content (AvgIpc) is 3.33. The Hall–Kier alpha value is -2.18. The fourth-order valence-electron chi connectivity index (χ4n) is 4.13. The number of nitrogens with zero attached hydrogens (tertiary/aromatic N) is 1. The number of rotatable bonds is 11. The van der Waals surface area contributed by atoms with Crippen LogP contribution in [0.1, 0.15) is 50.2 Å². The van der Waals surface area contributed by atoms with Gasteiger partial charge in [0, 0.05) is 23.4 Å². The minimum atomic E-state index is -0.490. The van der Waals surface area contributed by atoms with E-state index in [9.17, 15) is 9.59 Å². The Labute approximate surface area is 206 Å². The summed E-state index contributed by atoms with van der Waals surface area (Å²) in [5, 5.41) is 3.88. The Kier molecular flexibility index (Phi) is 9.95. The summed E-state index contributed by atoms with van der Waals surface area (Å²) < 4.78 is 5.25. The van der Waals surface area contributed by atoms with Gasteiger partial charge in [0.1, 0.15) is 11.8 Å². The number of hydrogen-bond acceptors (Lipinski definition) is 4. The standard InChI is InChI=1S/C26H33ClN2O3S/c1-3-24(26(31)28-22-6-4-5-7-22)29(16-19-10-14-23(32-2)15-11-19)25(30)18-33-17-20-8-12-21(27)13-9-20/h8-15,22,24H,3-7,16-18H2,1-2H3,(H,28,31). The molecule has 2 amide bonds. The summed E-state index contributed by atoms with van der Waals surface area (Å²) in [5.41, 5.74) is 2.09. The first kappa shape index (κ1) is 25.4. The van der Waals surface area contributed by atoms with Gasteiger partial charge in [0.05, 0.1) is 12.9 Å². The van der Waals surface area contributed by atoms with E-state index in [2.05, 4.69) is 5.32 Å². The van der Waals surface area contributed by atoms with Gasteiger partial charge in [0.2, 0.25) is 11.8 Å². The maximum atomic E-state index is 13.3. The van der Waals surface area contributed by atoms with Crippen molar-refractivity contribution < 1.29 is 14.3 Å². The van der Waals surface area contributed by atoms with Gasteiger partial charge in [-0.15, -0.1) is 11.8 Å². The normalized spacial score (nSPS) is 14.6. The molecule has 1 unspecified atom stereocenters. The molecule has 1 N–H and O–H groups in total. The molecule has 0 saturated heterocycles. The molecule has 0 radical (unpaired) electrons. The molecule has 0 heterocycles. The molecule has 1 atom stereocenters. The SMILES string of the molecule is CCC(C(=O)NC1CCCC1)N(Cc1ccc(OC)cc1)C(=O)CSCc1ccc(Cl)cc1. The monoisotopic (exact) mass is 488 g/mol. The lowest BCUT2D eigenvalue weighted by atomic mass is 10.1. The summed E-state index contributed by atoms with van der Waals surface area (Å²) in [6.45, 7) is 2.36. The zero-order valence-electron chi connectivity index (χ0n) is 19.4. The number of halogens is 1. The van der Waals surface area contributed by atoms with Crippen molar-refractivity contribution in [1.82, 2.24) is 10.2 Å². The third-order valence-electron chi connectivity index (χ3n) is 6.01. The van der Waals surface area contributed by atoms with Crippen LogP contribution in [-0.4, -0.2) is 41.7 Å². The number of ether oxygens (including phenoxy) is 1. The smallest absolute Gasteiger partial charge is 0.243 e. The van der Waals surface area contributed by atoms with Crippen molar-refractivity contribution in [2.45, 2.75) is 63.4 Å². The van der Waals surface area contributed by atoms with Crippen LogP contribution in [0.15, 0.2) is 48.5 Å². The summed E-state index contributed by atoms with van der Waals surface area (Å²) >= 11 is 7.51. The van der Waals surface area contributed by atoms with E-state index in [-0.39, 0.29) is 17.9 Å². The number of carbonyl (C=O) groups is 2. The third-order valence-corrected chi connectivity index (χ3v) is 7.25. The van der Waals surface area contributed by atoms with Gasteiger partial charge in [-0.25, -0.2) is 0 Å². The highest BCUT2D eigenvalue weighted by Crippen LogP contribution is 2.21. The van der Waals surface area contributed by atoms with Crippen LogP contribution in [0.25, 0.3) is 0 Å². The van der Waals surface area contributed by atoms with Crippen molar-refractivity contribution in [3.05, 3.63) is 64.7 Å². The second kappa shape index (κ2) is 12.9. The Morgan fingerprint density at radius 3 is 2.33 bits per heavy atom. The fraction of sp³-hybridized carbons (Fsp3) is 0.462. The van der Waals surface area contributed by atoms with Gasteiger partial charge in [0.15, 0.2) is 0 Å². The topological polar surface area (TPSA) is 58.6 Å². The molecule has 0 aromatic heterocycles. The van der Waals surface area contributed by atoms with Crippen molar-refractivity contribution in [2.24, 2.45) is 0 Å². The molecule has 33 heavy (non-hydrogen) atoms. The highest BCUT2D eigenvalue weighted by atomic mass is 35.5. The first-order chi connectivity index (χ1) is 16.0. The minimum absolute atomic E-state index is 0.0294. The number of benzene rings is 2. The summed E-state index contributed by atoms with van der Waals surface area (Å²) in [6, 6.07) is 15.0. The molecular weight excluding hydrogens is 456 g/mol. The molecule has 1 aliphatic rings. The lowest BCUT2D eigenvalue weighted by Crippen LogP contribution is -2.51. The number of nitrogens with one attached hydrogen (secondary N) is 1. The average molecular weight is 489 g/mol. The second-order valence-corrected chi connectivity index (χ2v) is 9.83. The molecular formula is C26H33ClN2O3S. The number of carbonyl (C=O) groups excluding carboxylic acids is 2. The maximum absolute atomic E-state index is 13.3. The van der Waals surface area contributed by atoms with E-state index >= 15 is 0 Å². The van der Waals surface area contributed by atoms with Crippen LogP contribution in [0.5, 0.6) is 5.75 Å². The number of hydrogen-bond donors (Lipinski definition) is 1. The van der Waals surface area contributed by atoms with Gasteiger partial charge in [0.25, 0.3) is 0 Å². The lowest BCUT2D eigenvalue weighted by molar-refractivity contribution is -0.139. The van der Waals surface area contributed by atoms with E-state index < -0.39 is 6.04 Å². The summed E-state index contributed by atoms with van der Waals surface area (Å²) in [6.07, 6.45) is 4.91. The molecule has 3 rings (SSSR count). The van der Waals surface area contributed by atoms with Gasteiger partial charge in [-0.05, 0) is 54.7 Å². The molecule has 2 aromatic carbocycles. The van der Waals surface area contributed by atoms with Crippen LogP contribution < -0.4 is 10.1 Å². The molecule has 0 bridgehead atoms. The van der Waals surface area contributed by atoms with E-state index in [1.807, 2.05) is 55.5 Å². The van der Waals surface area contributed by atoms with Crippen molar-refractivity contribution in [1.29, 1.82) is 0 Å². The van der Waals surface area contributed by atoms with Crippen LogP contribution in [0.4, 0.5) is 0 Å². The number of amides is 2. The van der Waals surface area contributed by atoms with Crippen LogP contribution in [0.2, 0.25) is 5.02 Å². The largest absolute Gasteiger partial charge is 0.497 e. The maximum Gasteiger partial charge on any atom is 0.243 e. The Morgan fingerprint density at radius 1 is 1.09 bits per heavy atom. The van der Waals surface area contributed by atoms with Gasteiger partial charge < -0.3 is 15.0 Å². The second-order valence-electron chi connectivity index (χ2n) is 8.40. The molecule has 5 nitrogen and oxygen atoms in total. The van der Waals surface area contributed by atoms with Crippen molar-refractivity contribution >= 4 is 35.2 Å². The number of methoxy groups -OCH3 is 1. The first-order valence-corrected chi connectivity index (χ1v) is 13.1. The van der Waals surface area contributed by atoms with Crippen molar-refractivity contribution in [3.8, 4) is 5.75 Å². The van der Waals surface area contributed by atoms with E-state index in [4.69, 9.17) is 16.3 Å². The fourth-order valence-corrected chi connectivity index (χ4v) is 5.13. The summed E-state index contributed by atoms with van der Waals surface area (Å²) in [7, 11) is 1.63. The highest BCUT2D eigenvalue weighted by Gasteiger charge is 2.30. The number of thioether (sulfide) groups is 1. The zero-order chi connectivity index (χ0) is 23.6. The Bertz CT molecular complexity index is 899. The van der Waals surface area contributed by atoms with E-state index in [0.717, 1.165) is 42.6 Å². The molecule has 178 valence electrons. The third kappa shape index (κ3) is 7.68. The van der Waals surface area contributed by atoms with E-state index in [0.29, 0.717) is 29.5 Å². The predicted molar refractivity (Wildman–Crippen MR) is 136 cm³/mol. The molecule has 1 saturated carbocycles. The minimum Gasteiger partial charge on any atom is -0.497 e. The van der Waals surface area contributed by atoms with Crippen molar-refractivity contribution in [2.75, 3.05) is 12.9 Å². The van der Waals surface area contributed by atoms with Crippen LogP contribution in [-0.2, 0) is 21.9 Å². The van der Waals surface area contributed by atoms with Crippen LogP contribution >= 0.6 is 23.4 Å². The summed E-state index contributed by atoms with van der Waals surface area (Å²) in [5.74, 6) is 1.71. The van der Waals surface area contributed by atoms with Crippen LogP contribution in [0.3, 0.4) is 0 Å². The molecule has 0 spiro atoms. The predicted octanol–water partition coefficient (Wildman–Crippen LogP) is 5.45. The molecule has 2 aromatic rings. The van der Waals surface area contributed by atoms with E-state index in [1.165, 1.54) is 0 Å².